The number of anilines is 3. The zero-order chi connectivity index (χ0) is 27.2. The van der Waals surface area contributed by atoms with Gasteiger partial charge in [-0.05, 0) is 67.3 Å². The fourth-order valence-electron chi connectivity index (χ4n) is 4.99. The first-order valence-corrected chi connectivity index (χ1v) is 13.3. The Balaban J connectivity index is 1.72. The number of hydrogen-bond donors (Lipinski definition) is 2. The molecule has 0 aliphatic heterocycles. The molecule has 3 aromatic rings. The predicted octanol–water partition coefficient (Wildman–Crippen LogP) is 7.50. The standard InChI is InChI=1S/C29H34ClFN4O3/c1-19(2)18-35(21-8-5-4-6-9-21)26-14-12-22(34-15-7-10-27(34)28(36)38-3)17-25(26)33-29(37)32-20-11-13-23(30)24(31)16-20/h7,10-17,19,21H,4-6,8-9,18H2,1-3H3,(H2,32,33,37). The molecule has 0 unspecified atom stereocenters. The van der Waals surface area contributed by atoms with Crippen LogP contribution in [0, 0.1) is 11.7 Å². The van der Waals surface area contributed by atoms with Gasteiger partial charge in [-0.1, -0.05) is 44.7 Å². The number of hydrogen-bond acceptors (Lipinski definition) is 4. The number of ether oxygens (including phenoxy) is 1. The fraction of sp³-hybridized carbons (Fsp3) is 0.379. The summed E-state index contributed by atoms with van der Waals surface area (Å²) in [7, 11) is 1.34. The first-order chi connectivity index (χ1) is 18.3. The molecule has 1 heterocycles. The highest BCUT2D eigenvalue weighted by atomic mass is 35.5. The van der Waals surface area contributed by atoms with Crippen molar-refractivity contribution in [3.05, 3.63) is 71.3 Å². The van der Waals surface area contributed by atoms with Crippen molar-refractivity contribution in [2.45, 2.75) is 52.0 Å². The molecule has 202 valence electrons. The van der Waals surface area contributed by atoms with E-state index in [1.807, 2.05) is 18.2 Å². The minimum Gasteiger partial charge on any atom is -0.464 e. The van der Waals surface area contributed by atoms with Crippen LogP contribution < -0.4 is 15.5 Å². The normalized spacial score (nSPS) is 13.8. The fourth-order valence-corrected chi connectivity index (χ4v) is 5.11. The van der Waals surface area contributed by atoms with Crippen LogP contribution in [0.15, 0.2) is 54.7 Å². The lowest BCUT2D eigenvalue weighted by atomic mass is 9.93. The van der Waals surface area contributed by atoms with E-state index < -0.39 is 17.8 Å². The Bertz CT molecular complexity index is 1290. The lowest BCUT2D eigenvalue weighted by molar-refractivity contribution is 0.0591. The van der Waals surface area contributed by atoms with E-state index in [-0.39, 0.29) is 10.7 Å². The number of nitrogens with zero attached hydrogens (tertiary/aromatic N) is 2. The second-order valence-corrected chi connectivity index (χ2v) is 10.4. The molecule has 2 N–H and O–H groups in total. The van der Waals surface area contributed by atoms with Gasteiger partial charge in [0.05, 0.1) is 23.5 Å². The zero-order valence-electron chi connectivity index (χ0n) is 22.0. The van der Waals surface area contributed by atoms with Crippen molar-refractivity contribution < 1.29 is 18.7 Å². The number of urea groups is 1. The summed E-state index contributed by atoms with van der Waals surface area (Å²) in [5.41, 5.74) is 2.84. The molecule has 0 radical (unpaired) electrons. The van der Waals surface area contributed by atoms with E-state index in [0.717, 1.165) is 25.1 Å². The van der Waals surface area contributed by atoms with Crippen LogP contribution in [0.4, 0.5) is 26.2 Å². The molecule has 1 aliphatic carbocycles. The van der Waals surface area contributed by atoms with Crippen molar-refractivity contribution in [2.24, 2.45) is 5.92 Å². The van der Waals surface area contributed by atoms with Gasteiger partial charge in [-0.15, -0.1) is 0 Å². The van der Waals surface area contributed by atoms with Crippen molar-refractivity contribution in [1.82, 2.24) is 4.57 Å². The summed E-state index contributed by atoms with van der Waals surface area (Å²) in [6.45, 7) is 5.20. The van der Waals surface area contributed by atoms with Gasteiger partial charge in [0.15, 0.2) is 0 Å². The molecule has 9 heteroatoms. The summed E-state index contributed by atoms with van der Waals surface area (Å²) < 4.78 is 20.6. The van der Waals surface area contributed by atoms with Gasteiger partial charge in [-0.3, -0.25) is 0 Å². The Kier molecular flexibility index (Phi) is 8.94. The van der Waals surface area contributed by atoms with Crippen molar-refractivity contribution in [2.75, 3.05) is 29.2 Å². The van der Waals surface area contributed by atoms with Crippen LogP contribution in [-0.2, 0) is 4.74 Å². The second kappa shape index (κ2) is 12.3. The van der Waals surface area contributed by atoms with Gasteiger partial charge in [0, 0.05) is 30.2 Å². The molecule has 2 aromatic carbocycles. The van der Waals surface area contributed by atoms with Gasteiger partial charge >= 0.3 is 12.0 Å². The summed E-state index contributed by atoms with van der Waals surface area (Å²) in [5.74, 6) is -0.666. The maximum absolute atomic E-state index is 13.9. The summed E-state index contributed by atoms with van der Waals surface area (Å²) in [4.78, 5) is 27.8. The van der Waals surface area contributed by atoms with E-state index in [4.69, 9.17) is 16.3 Å². The molecule has 2 amide bonds. The largest absolute Gasteiger partial charge is 0.464 e. The van der Waals surface area contributed by atoms with Crippen LogP contribution in [0.25, 0.3) is 5.69 Å². The molecule has 38 heavy (non-hydrogen) atoms. The number of benzene rings is 2. The smallest absolute Gasteiger partial charge is 0.355 e. The van der Waals surface area contributed by atoms with Crippen molar-refractivity contribution in [3.63, 3.8) is 0 Å². The Labute approximate surface area is 227 Å². The van der Waals surface area contributed by atoms with Gasteiger partial charge < -0.3 is 24.8 Å². The molecule has 4 rings (SSSR count). The molecule has 1 aromatic heterocycles. The van der Waals surface area contributed by atoms with Crippen molar-refractivity contribution >= 4 is 40.7 Å². The third-order valence-electron chi connectivity index (χ3n) is 6.71. The van der Waals surface area contributed by atoms with Crippen molar-refractivity contribution in [1.29, 1.82) is 0 Å². The highest BCUT2D eigenvalue weighted by Gasteiger charge is 2.25. The number of carbonyl (C=O) groups excluding carboxylic acids is 2. The minimum atomic E-state index is -0.615. The second-order valence-electron chi connectivity index (χ2n) is 10.0. The Morgan fingerprint density at radius 2 is 1.87 bits per heavy atom. The minimum absolute atomic E-state index is 0.0177. The number of amides is 2. The first-order valence-electron chi connectivity index (χ1n) is 13.0. The van der Waals surface area contributed by atoms with Crippen LogP contribution in [0.3, 0.4) is 0 Å². The molecule has 0 spiro atoms. The van der Waals surface area contributed by atoms with E-state index >= 15 is 0 Å². The lowest BCUT2D eigenvalue weighted by Crippen LogP contribution is -2.40. The van der Waals surface area contributed by atoms with Crippen molar-refractivity contribution in [3.8, 4) is 5.69 Å². The van der Waals surface area contributed by atoms with Crippen LogP contribution >= 0.6 is 11.6 Å². The summed E-state index contributed by atoms with van der Waals surface area (Å²) >= 11 is 5.79. The molecular formula is C29H34ClFN4O3. The average molecular weight is 541 g/mol. The van der Waals surface area contributed by atoms with E-state index in [1.54, 1.807) is 22.9 Å². The van der Waals surface area contributed by atoms with Crippen LogP contribution in [0.2, 0.25) is 5.02 Å². The summed E-state index contributed by atoms with van der Waals surface area (Å²) in [6.07, 6.45) is 7.54. The van der Waals surface area contributed by atoms with Gasteiger partial charge in [0.25, 0.3) is 0 Å². The predicted molar refractivity (Wildman–Crippen MR) is 150 cm³/mol. The lowest BCUT2D eigenvalue weighted by Gasteiger charge is -2.38. The summed E-state index contributed by atoms with van der Waals surface area (Å²) in [5, 5.41) is 5.65. The number of halogens is 2. The van der Waals surface area contributed by atoms with Gasteiger partial charge in [-0.25, -0.2) is 14.0 Å². The molecule has 1 aliphatic rings. The Morgan fingerprint density at radius 1 is 1.11 bits per heavy atom. The Morgan fingerprint density at radius 3 is 2.55 bits per heavy atom. The number of rotatable bonds is 8. The quantitative estimate of drug-likeness (QED) is 0.290. The topological polar surface area (TPSA) is 75.6 Å². The molecule has 0 saturated heterocycles. The van der Waals surface area contributed by atoms with Gasteiger partial charge in [-0.2, -0.15) is 0 Å². The molecule has 7 nitrogen and oxygen atoms in total. The number of esters is 1. The molecule has 1 saturated carbocycles. The number of carbonyl (C=O) groups is 2. The van der Waals surface area contributed by atoms with Crippen LogP contribution in [0.5, 0.6) is 0 Å². The molecular weight excluding hydrogens is 507 g/mol. The average Bonchev–Trinajstić information content (AvgIpc) is 3.39. The van der Waals surface area contributed by atoms with E-state index in [2.05, 4.69) is 29.4 Å². The van der Waals surface area contributed by atoms with E-state index in [1.165, 1.54) is 44.6 Å². The first kappa shape index (κ1) is 27.5. The maximum Gasteiger partial charge on any atom is 0.355 e. The number of nitrogens with one attached hydrogen (secondary N) is 2. The highest BCUT2D eigenvalue weighted by Crippen LogP contribution is 2.35. The molecule has 0 atom stereocenters. The number of aromatic nitrogens is 1. The van der Waals surface area contributed by atoms with E-state index in [0.29, 0.717) is 29.0 Å². The molecule has 0 bridgehead atoms. The van der Waals surface area contributed by atoms with Crippen LogP contribution in [-0.4, -0.2) is 36.3 Å². The monoisotopic (exact) mass is 540 g/mol. The maximum atomic E-state index is 13.9. The van der Waals surface area contributed by atoms with Gasteiger partial charge in [0.2, 0.25) is 0 Å². The zero-order valence-corrected chi connectivity index (χ0v) is 22.7. The Hall–Kier alpha value is -3.52. The highest BCUT2D eigenvalue weighted by molar-refractivity contribution is 6.30. The number of methoxy groups -OCH3 is 1. The summed E-state index contributed by atoms with van der Waals surface area (Å²) in [6, 6.07) is 13.2. The van der Waals surface area contributed by atoms with Gasteiger partial charge in [0.1, 0.15) is 11.5 Å². The SMILES string of the molecule is COC(=O)c1cccn1-c1ccc(N(CC(C)C)C2CCCCC2)c(NC(=O)Nc2ccc(Cl)c(F)c2)c1. The third-order valence-corrected chi connectivity index (χ3v) is 7.02. The molecule has 1 fully saturated rings. The van der Waals surface area contributed by atoms with E-state index in [9.17, 15) is 14.0 Å². The van der Waals surface area contributed by atoms with Crippen LogP contribution in [0.1, 0.15) is 56.4 Å². The third kappa shape index (κ3) is 6.48.